The van der Waals surface area contributed by atoms with Gasteiger partial charge in [-0.15, -0.1) is 0 Å². The summed E-state index contributed by atoms with van der Waals surface area (Å²) in [4.78, 5) is 0. The van der Waals surface area contributed by atoms with Crippen LogP contribution in [-0.4, -0.2) is 14.2 Å². The van der Waals surface area contributed by atoms with E-state index in [1.807, 2.05) is 12.1 Å². The highest BCUT2D eigenvalue weighted by molar-refractivity contribution is 5.56. The van der Waals surface area contributed by atoms with Gasteiger partial charge in [0.15, 0.2) is 5.75 Å². The van der Waals surface area contributed by atoms with E-state index in [4.69, 9.17) is 24.7 Å². The van der Waals surface area contributed by atoms with E-state index >= 15 is 0 Å². The zero-order valence-corrected chi connectivity index (χ0v) is 11.6. The molecule has 0 atom stereocenters. The molecule has 0 aromatic heterocycles. The Kier molecular flexibility index (Phi) is 4.28. The topological polar surface area (TPSA) is 75.3 Å². The number of nitriles is 2. The summed E-state index contributed by atoms with van der Waals surface area (Å²) >= 11 is 0. The molecule has 5 heteroatoms. The van der Waals surface area contributed by atoms with Crippen molar-refractivity contribution in [2.75, 3.05) is 14.2 Å². The zero-order valence-electron chi connectivity index (χ0n) is 11.6. The standard InChI is InChI=1S/C16H12N2O3/c1-19-13-6-14(20-2)8-15(7-13)21-16-11(9-17)4-3-5-12(16)10-18/h3-8H,1-2H3. The van der Waals surface area contributed by atoms with Crippen molar-refractivity contribution < 1.29 is 14.2 Å². The molecule has 0 bridgehead atoms. The Balaban J connectivity index is 2.48. The Labute approximate surface area is 122 Å². The van der Waals surface area contributed by atoms with Crippen molar-refractivity contribution in [2.24, 2.45) is 0 Å². The van der Waals surface area contributed by atoms with Crippen LogP contribution in [0.2, 0.25) is 0 Å². The normalized spacial score (nSPS) is 9.33. The second-order valence-corrected chi connectivity index (χ2v) is 4.06. The number of hydrogen-bond donors (Lipinski definition) is 0. The molecule has 0 fully saturated rings. The first kappa shape index (κ1) is 14.2. The van der Waals surface area contributed by atoms with Gasteiger partial charge in [-0.05, 0) is 12.1 Å². The highest BCUT2D eigenvalue weighted by atomic mass is 16.5. The van der Waals surface area contributed by atoms with Crippen molar-refractivity contribution >= 4 is 0 Å². The summed E-state index contributed by atoms with van der Waals surface area (Å²) in [5.41, 5.74) is 0.576. The average molecular weight is 280 g/mol. The molecule has 0 amide bonds. The van der Waals surface area contributed by atoms with Crippen LogP contribution in [0.15, 0.2) is 36.4 Å². The van der Waals surface area contributed by atoms with E-state index in [2.05, 4.69) is 0 Å². The molecular formula is C16H12N2O3. The Morgan fingerprint density at radius 1 is 0.810 bits per heavy atom. The van der Waals surface area contributed by atoms with Gasteiger partial charge in [-0.25, -0.2) is 0 Å². The largest absolute Gasteiger partial charge is 0.496 e. The van der Waals surface area contributed by atoms with Crippen LogP contribution >= 0.6 is 0 Å². The molecule has 5 nitrogen and oxygen atoms in total. The molecule has 0 unspecified atom stereocenters. The molecule has 104 valence electrons. The van der Waals surface area contributed by atoms with Crippen LogP contribution in [0.4, 0.5) is 0 Å². The van der Waals surface area contributed by atoms with Crippen molar-refractivity contribution in [3.05, 3.63) is 47.5 Å². The number of para-hydroxylation sites is 1. The highest BCUT2D eigenvalue weighted by Gasteiger charge is 2.12. The Morgan fingerprint density at radius 2 is 1.29 bits per heavy atom. The lowest BCUT2D eigenvalue weighted by atomic mass is 10.1. The van der Waals surface area contributed by atoms with Crippen molar-refractivity contribution in [3.8, 4) is 35.1 Å². The highest BCUT2D eigenvalue weighted by Crippen LogP contribution is 2.33. The van der Waals surface area contributed by atoms with Crippen molar-refractivity contribution in [2.45, 2.75) is 0 Å². The van der Waals surface area contributed by atoms with E-state index in [0.29, 0.717) is 17.2 Å². The third-order valence-electron chi connectivity index (χ3n) is 2.80. The maximum absolute atomic E-state index is 9.13. The van der Waals surface area contributed by atoms with Crippen LogP contribution < -0.4 is 14.2 Å². The summed E-state index contributed by atoms with van der Waals surface area (Å²) in [6.45, 7) is 0. The molecule has 0 heterocycles. The van der Waals surface area contributed by atoms with Gasteiger partial charge < -0.3 is 14.2 Å². The Hall–Kier alpha value is -3.18. The van der Waals surface area contributed by atoms with E-state index in [9.17, 15) is 0 Å². The van der Waals surface area contributed by atoms with Gasteiger partial charge in [0.2, 0.25) is 0 Å². The Bertz CT molecular complexity index is 688. The molecule has 2 aromatic rings. The van der Waals surface area contributed by atoms with Crippen LogP contribution in [-0.2, 0) is 0 Å². The van der Waals surface area contributed by atoms with E-state index < -0.39 is 0 Å². The summed E-state index contributed by atoms with van der Waals surface area (Å²) in [6.07, 6.45) is 0. The lowest BCUT2D eigenvalue weighted by Crippen LogP contribution is -1.94. The van der Waals surface area contributed by atoms with Crippen molar-refractivity contribution in [3.63, 3.8) is 0 Å². The van der Waals surface area contributed by atoms with Crippen LogP contribution in [0.3, 0.4) is 0 Å². The monoisotopic (exact) mass is 280 g/mol. The first-order valence-electron chi connectivity index (χ1n) is 6.06. The smallest absolute Gasteiger partial charge is 0.162 e. The minimum atomic E-state index is 0.220. The predicted molar refractivity (Wildman–Crippen MR) is 75.5 cm³/mol. The SMILES string of the molecule is COc1cc(OC)cc(Oc2c(C#N)cccc2C#N)c1. The van der Waals surface area contributed by atoms with Gasteiger partial charge in [-0.3, -0.25) is 0 Å². The third-order valence-corrected chi connectivity index (χ3v) is 2.80. The van der Waals surface area contributed by atoms with Gasteiger partial charge in [-0.1, -0.05) is 6.07 Å². The molecule has 0 radical (unpaired) electrons. The van der Waals surface area contributed by atoms with Gasteiger partial charge in [0.25, 0.3) is 0 Å². The fraction of sp³-hybridized carbons (Fsp3) is 0.125. The molecule has 0 aliphatic heterocycles. The molecule has 0 saturated heterocycles. The van der Waals surface area contributed by atoms with E-state index in [-0.39, 0.29) is 16.9 Å². The number of hydrogen-bond acceptors (Lipinski definition) is 5. The number of ether oxygens (including phenoxy) is 3. The van der Waals surface area contributed by atoms with Gasteiger partial charge in [0, 0.05) is 18.2 Å². The van der Waals surface area contributed by atoms with Gasteiger partial charge >= 0.3 is 0 Å². The van der Waals surface area contributed by atoms with E-state index in [1.165, 1.54) is 14.2 Å². The molecule has 0 aliphatic rings. The number of methoxy groups -OCH3 is 2. The molecule has 0 aliphatic carbocycles. The van der Waals surface area contributed by atoms with E-state index in [1.54, 1.807) is 36.4 Å². The second kappa shape index (κ2) is 6.31. The summed E-state index contributed by atoms with van der Waals surface area (Å²) in [7, 11) is 3.06. The summed E-state index contributed by atoms with van der Waals surface area (Å²) in [6, 6.07) is 13.8. The molecule has 21 heavy (non-hydrogen) atoms. The summed E-state index contributed by atoms with van der Waals surface area (Å²) < 4.78 is 16.0. The van der Waals surface area contributed by atoms with Crippen LogP contribution in [0.25, 0.3) is 0 Å². The average Bonchev–Trinajstić information content (AvgIpc) is 2.54. The first-order valence-corrected chi connectivity index (χ1v) is 6.06. The molecule has 2 aromatic carbocycles. The van der Waals surface area contributed by atoms with Gasteiger partial charge in [-0.2, -0.15) is 10.5 Å². The maximum atomic E-state index is 9.13. The van der Waals surface area contributed by atoms with Crippen LogP contribution in [0.1, 0.15) is 11.1 Å². The minimum Gasteiger partial charge on any atom is -0.496 e. The van der Waals surface area contributed by atoms with Gasteiger partial charge in [0.05, 0.1) is 25.3 Å². The molecule has 0 N–H and O–H groups in total. The van der Waals surface area contributed by atoms with Crippen LogP contribution in [0.5, 0.6) is 23.0 Å². The lowest BCUT2D eigenvalue weighted by Gasteiger charge is -2.11. The molecular weight excluding hydrogens is 268 g/mol. The maximum Gasteiger partial charge on any atom is 0.162 e. The predicted octanol–water partition coefficient (Wildman–Crippen LogP) is 3.24. The second-order valence-electron chi connectivity index (χ2n) is 4.06. The molecule has 2 rings (SSSR count). The number of benzene rings is 2. The van der Waals surface area contributed by atoms with Crippen molar-refractivity contribution in [1.82, 2.24) is 0 Å². The summed E-state index contributed by atoms with van der Waals surface area (Å²) in [5.74, 6) is 1.75. The molecule has 0 saturated carbocycles. The number of nitrogens with zero attached hydrogens (tertiary/aromatic N) is 2. The summed E-state index contributed by atoms with van der Waals surface area (Å²) in [5, 5.41) is 18.3. The van der Waals surface area contributed by atoms with Gasteiger partial charge in [0.1, 0.15) is 29.4 Å². The number of rotatable bonds is 4. The van der Waals surface area contributed by atoms with Crippen LogP contribution in [0, 0.1) is 22.7 Å². The fourth-order valence-corrected chi connectivity index (χ4v) is 1.78. The Morgan fingerprint density at radius 3 is 1.71 bits per heavy atom. The fourth-order valence-electron chi connectivity index (χ4n) is 1.78. The lowest BCUT2D eigenvalue weighted by molar-refractivity contribution is 0.386. The zero-order chi connectivity index (χ0) is 15.2. The molecule has 0 spiro atoms. The first-order chi connectivity index (χ1) is 10.2. The third kappa shape index (κ3) is 3.05. The van der Waals surface area contributed by atoms with Crippen molar-refractivity contribution in [1.29, 1.82) is 10.5 Å². The quantitative estimate of drug-likeness (QED) is 0.859. The van der Waals surface area contributed by atoms with E-state index in [0.717, 1.165) is 0 Å². The minimum absolute atomic E-state index is 0.220.